The van der Waals surface area contributed by atoms with Crippen LogP contribution in [0.15, 0.2) is 47.3 Å². The van der Waals surface area contributed by atoms with E-state index in [1.54, 1.807) is 41.8 Å². The normalized spacial score (nSPS) is 11.3. The molecule has 0 saturated heterocycles. The summed E-state index contributed by atoms with van der Waals surface area (Å²) in [5, 5.41) is 13.0. The van der Waals surface area contributed by atoms with Crippen LogP contribution in [0.2, 0.25) is 10.0 Å². The van der Waals surface area contributed by atoms with Gasteiger partial charge < -0.3 is 19.8 Å². The molecular weight excluding hydrogens is 581 g/mol. The first-order chi connectivity index (χ1) is 20.2. The number of aromatic nitrogens is 6. The number of H-pyrrole nitrogens is 1. The summed E-state index contributed by atoms with van der Waals surface area (Å²) in [5.41, 5.74) is 2.83. The Bertz CT molecular complexity index is 1820. The summed E-state index contributed by atoms with van der Waals surface area (Å²) in [5.74, 6) is 1.51. The number of carbonyl (C=O) groups excluding carboxylic acids is 1. The van der Waals surface area contributed by atoms with Crippen molar-refractivity contribution in [3.63, 3.8) is 0 Å². The first-order valence-corrected chi connectivity index (χ1v) is 14.1. The molecule has 2 N–H and O–H groups in total. The van der Waals surface area contributed by atoms with E-state index < -0.39 is 0 Å². The standard InChI is InChI=1S/C29H29Cl2N7O4/c1-5-8-23-32-16(3)26-29(40)34-28(36-37(23)26)18-13-17(11-12-22(18)42-6-2)21-14-24(33-25(39)15-41-4)38(35-21)27-19(30)9-7-10-20(27)31/h7,9-14H,5-6,8,15H2,1-4H3,(H,33,39)(H,34,36,40). The summed E-state index contributed by atoms with van der Waals surface area (Å²) in [6.07, 6.45) is 1.52. The average Bonchev–Trinajstić information content (AvgIpc) is 3.50. The second-order valence-electron chi connectivity index (χ2n) is 9.45. The predicted molar refractivity (Wildman–Crippen MR) is 162 cm³/mol. The van der Waals surface area contributed by atoms with Crippen molar-refractivity contribution in [1.29, 1.82) is 0 Å². The number of fused-ring (bicyclic) bond motifs is 1. The van der Waals surface area contributed by atoms with E-state index in [2.05, 4.69) is 15.3 Å². The van der Waals surface area contributed by atoms with Crippen molar-refractivity contribution in [2.75, 3.05) is 25.6 Å². The summed E-state index contributed by atoms with van der Waals surface area (Å²) >= 11 is 13.0. The number of anilines is 1. The largest absolute Gasteiger partial charge is 0.493 e. The maximum absolute atomic E-state index is 13.2. The number of para-hydroxylation sites is 1. The summed E-state index contributed by atoms with van der Waals surface area (Å²) in [6.45, 7) is 5.96. The number of aryl methyl sites for hydroxylation is 2. The van der Waals surface area contributed by atoms with Crippen LogP contribution in [-0.2, 0) is 16.0 Å². The maximum Gasteiger partial charge on any atom is 0.277 e. The molecule has 0 unspecified atom stereocenters. The minimum atomic E-state index is -0.380. The number of hydrogen-bond acceptors (Lipinski definition) is 7. The van der Waals surface area contributed by atoms with Crippen LogP contribution < -0.4 is 15.6 Å². The number of amides is 1. The van der Waals surface area contributed by atoms with E-state index in [4.69, 9.17) is 42.9 Å². The Morgan fingerprint density at radius 2 is 1.86 bits per heavy atom. The number of imidazole rings is 1. The lowest BCUT2D eigenvalue weighted by Gasteiger charge is -2.12. The molecule has 0 fully saturated rings. The average molecular weight is 611 g/mol. The van der Waals surface area contributed by atoms with Gasteiger partial charge in [-0.15, -0.1) is 5.10 Å². The smallest absolute Gasteiger partial charge is 0.277 e. The molecule has 2 aromatic carbocycles. The zero-order chi connectivity index (χ0) is 30.0. The Balaban J connectivity index is 1.68. The lowest BCUT2D eigenvalue weighted by Crippen LogP contribution is -2.19. The molecule has 3 heterocycles. The van der Waals surface area contributed by atoms with E-state index in [1.807, 2.05) is 26.0 Å². The first kappa shape index (κ1) is 29.3. The quantitative estimate of drug-likeness (QED) is 0.214. The number of halogens is 2. The van der Waals surface area contributed by atoms with Crippen LogP contribution in [-0.4, -0.2) is 55.6 Å². The van der Waals surface area contributed by atoms with Crippen molar-refractivity contribution in [1.82, 2.24) is 29.4 Å². The molecule has 0 bridgehead atoms. The number of nitrogens with zero attached hydrogens (tertiary/aromatic N) is 5. The first-order valence-electron chi connectivity index (χ1n) is 13.3. The van der Waals surface area contributed by atoms with E-state index in [-0.39, 0.29) is 18.1 Å². The number of benzene rings is 2. The van der Waals surface area contributed by atoms with Gasteiger partial charge in [-0.3, -0.25) is 9.59 Å². The van der Waals surface area contributed by atoms with E-state index in [9.17, 15) is 9.59 Å². The van der Waals surface area contributed by atoms with Gasteiger partial charge >= 0.3 is 0 Å². The Hall–Kier alpha value is -4.19. The van der Waals surface area contributed by atoms with Gasteiger partial charge in [-0.25, -0.2) is 14.2 Å². The van der Waals surface area contributed by atoms with Gasteiger partial charge in [0.25, 0.3) is 11.5 Å². The fourth-order valence-corrected chi connectivity index (χ4v) is 5.24. The zero-order valence-corrected chi connectivity index (χ0v) is 25.0. The van der Waals surface area contributed by atoms with Gasteiger partial charge in [0.05, 0.1) is 33.6 Å². The third-order valence-corrected chi connectivity index (χ3v) is 7.06. The third-order valence-electron chi connectivity index (χ3n) is 6.45. The molecule has 0 aliphatic rings. The molecule has 0 aliphatic carbocycles. The number of nitrogens with one attached hydrogen (secondary N) is 2. The van der Waals surface area contributed by atoms with Crippen molar-refractivity contribution in [3.05, 3.63) is 74.4 Å². The van der Waals surface area contributed by atoms with Crippen molar-refractivity contribution in [2.24, 2.45) is 0 Å². The third kappa shape index (κ3) is 5.63. The molecule has 0 spiro atoms. The summed E-state index contributed by atoms with van der Waals surface area (Å²) in [4.78, 5) is 33.1. The fourth-order valence-electron chi connectivity index (χ4n) is 4.68. The Labute approximate surface area is 251 Å². The number of carbonyl (C=O) groups is 1. The highest BCUT2D eigenvalue weighted by atomic mass is 35.5. The van der Waals surface area contributed by atoms with Gasteiger partial charge in [-0.1, -0.05) is 36.2 Å². The lowest BCUT2D eigenvalue weighted by molar-refractivity contribution is -0.119. The number of rotatable bonds is 10. The minimum absolute atomic E-state index is 0.154. The topological polar surface area (TPSA) is 128 Å². The van der Waals surface area contributed by atoms with Crippen LogP contribution in [0.1, 0.15) is 31.8 Å². The number of ether oxygens (including phenoxy) is 2. The highest BCUT2D eigenvalue weighted by molar-refractivity contribution is 6.37. The molecule has 3 aromatic heterocycles. The van der Waals surface area contributed by atoms with Crippen LogP contribution in [0.3, 0.4) is 0 Å². The second kappa shape index (κ2) is 12.4. The monoisotopic (exact) mass is 609 g/mol. The summed E-state index contributed by atoms with van der Waals surface area (Å²) in [6, 6.07) is 12.2. The van der Waals surface area contributed by atoms with Gasteiger partial charge in [-0.05, 0) is 50.6 Å². The van der Waals surface area contributed by atoms with Crippen LogP contribution in [0.25, 0.3) is 33.8 Å². The molecule has 0 aliphatic heterocycles. The van der Waals surface area contributed by atoms with Gasteiger partial charge in [0.2, 0.25) is 0 Å². The van der Waals surface area contributed by atoms with E-state index in [0.29, 0.717) is 80.0 Å². The van der Waals surface area contributed by atoms with Crippen LogP contribution in [0, 0.1) is 6.92 Å². The Morgan fingerprint density at radius 1 is 1.10 bits per heavy atom. The molecule has 0 radical (unpaired) electrons. The van der Waals surface area contributed by atoms with E-state index >= 15 is 0 Å². The van der Waals surface area contributed by atoms with E-state index in [0.717, 1.165) is 6.42 Å². The molecule has 42 heavy (non-hydrogen) atoms. The van der Waals surface area contributed by atoms with Crippen molar-refractivity contribution in [2.45, 2.75) is 33.6 Å². The molecule has 218 valence electrons. The van der Waals surface area contributed by atoms with Crippen molar-refractivity contribution in [3.8, 4) is 34.1 Å². The van der Waals surface area contributed by atoms with Crippen molar-refractivity contribution >= 4 is 40.4 Å². The SMILES string of the molecule is CCCc1nc(C)c2c(=O)[nH]c(-c3cc(-c4cc(NC(=O)COC)n(-c5c(Cl)cccc5Cl)n4)ccc3OCC)nn12. The second-order valence-corrected chi connectivity index (χ2v) is 10.3. The molecule has 1 amide bonds. The van der Waals surface area contributed by atoms with Crippen LogP contribution in [0.4, 0.5) is 5.82 Å². The van der Waals surface area contributed by atoms with Gasteiger partial charge in [0.1, 0.15) is 29.7 Å². The van der Waals surface area contributed by atoms with Gasteiger partial charge in [0.15, 0.2) is 11.3 Å². The molecule has 0 atom stereocenters. The van der Waals surface area contributed by atoms with E-state index in [1.165, 1.54) is 11.8 Å². The number of methoxy groups -OCH3 is 1. The molecule has 0 saturated carbocycles. The van der Waals surface area contributed by atoms with Gasteiger partial charge in [0, 0.05) is 25.2 Å². The molecule has 5 rings (SSSR count). The fraction of sp³-hybridized carbons (Fsp3) is 0.276. The molecule has 5 aromatic rings. The molecule has 11 nitrogen and oxygen atoms in total. The Morgan fingerprint density at radius 3 is 2.55 bits per heavy atom. The number of hydrogen-bond donors (Lipinski definition) is 2. The summed E-state index contributed by atoms with van der Waals surface area (Å²) in [7, 11) is 1.43. The van der Waals surface area contributed by atoms with Gasteiger partial charge in [-0.2, -0.15) is 5.10 Å². The highest BCUT2D eigenvalue weighted by Gasteiger charge is 2.21. The molecular formula is C29H29Cl2N7O4. The molecule has 13 heteroatoms. The van der Waals surface area contributed by atoms with Crippen LogP contribution >= 0.6 is 23.2 Å². The van der Waals surface area contributed by atoms with Crippen LogP contribution in [0.5, 0.6) is 5.75 Å². The highest BCUT2D eigenvalue weighted by Crippen LogP contribution is 2.36. The minimum Gasteiger partial charge on any atom is -0.493 e. The van der Waals surface area contributed by atoms with Crippen molar-refractivity contribution < 1.29 is 14.3 Å². The predicted octanol–water partition coefficient (Wildman–Crippen LogP) is 5.49. The lowest BCUT2D eigenvalue weighted by atomic mass is 10.1. The maximum atomic E-state index is 13.2. The Kier molecular flexibility index (Phi) is 8.62. The summed E-state index contributed by atoms with van der Waals surface area (Å²) < 4.78 is 14.0. The zero-order valence-electron chi connectivity index (χ0n) is 23.5. The number of aromatic amines is 1.